The lowest BCUT2D eigenvalue weighted by Gasteiger charge is -2.31. The Bertz CT molecular complexity index is 926. The van der Waals surface area contributed by atoms with E-state index in [-0.39, 0.29) is 18.5 Å². The first-order valence-electron chi connectivity index (χ1n) is 11.0. The maximum Gasteiger partial charge on any atom is 0.318 e. The number of piperidine rings is 1. The minimum Gasteiger partial charge on any atom is -0.497 e. The number of hydrogen-bond donors (Lipinski definition) is 3. The molecule has 3 N–H and O–H groups in total. The molecule has 0 saturated carbocycles. The van der Waals surface area contributed by atoms with E-state index < -0.39 is 20.2 Å². The van der Waals surface area contributed by atoms with Crippen LogP contribution in [-0.2, 0) is 4.79 Å². The molecular weight excluding hydrogens is 422 g/mol. The molecule has 1 heterocycles. The maximum atomic E-state index is 13.2. The van der Waals surface area contributed by atoms with Crippen LogP contribution in [0.1, 0.15) is 24.4 Å². The first kappa shape index (κ1) is 23.8. The van der Waals surface area contributed by atoms with Crippen LogP contribution in [0.2, 0.25) is 19.6 Å². The molecule has 2 atom stereocenters. The molecule has 0 spiro atoms. The fraction of sp³-hybridized carbons (Fsp3) is 0.417. The Hall–Kier alpha value is -2.84. The highest BCUT2D eigenvalue weighted by Gasteiger charge is 2.28. The van der Waals surface area contributed by atoms with Crippen molar-refractivity contribution in [1.82, 2.24) is 10.2 Å². The van der Waals surface area contributed by atoms with Crippen LogP contribution in [-0.4, -0.2) is 56.3 Å². The fourth-order valence-electron chi connectivity index (χ4n) is 3.72. The van der Waals surface area contributed by atoms with Crippen LogP contribution in [0.15, 0.2) is 48.5 Å². The number of aliphatic hydroxyl groups excluding tert-OH is 1. The van der Waals surface area contributed by atoms with E-state index in [0.717, 1.165) is 6.42 Å². The summed E-state index contributed by atoms with van der Waals surface area (Å²) in [4.78, 5) is 27.6. The first-order chi connectivity index (χ1) is 15.2. The van der Waals surface area contributed by atoms with Gasteiger partial charge in [-0.3, -0.25) is 4.79 Å². The molecule has 0 aromatic heterocycles. The fourth-order valence-corrected chi connectivity index (χ4v) is 4.89. The number of nitrogens with zero attached hydrogens (tertiary/aromatic N) is 1. The van der Waals surface area contributed by atoms with Gasteiger partial charge in [-0.1, -0.05) is 49.1 Å². The van der Waals surface area contributed by atoms with Crippen LogP contribution in [0.3, 0.4) is 0 Å². The number of carbonyl (C=O) groups excluding carboxylic acids is 2. The number of ether oxygens (including phenoxy) is 1. The number of hydrogen-bond acceptors (Lipinski definition) is 4. The molecule has 2 unspecified atom stereocenters. The zero-order chi connectivity index (χ0) is 23.3. The molecule has 32 heavy (non-hydrogen) atoms. The molecule has 2 aromatic carbocycles. The number of methoxy groups -OCH3 is 1. The minimum absolute atomic E-state index is 0.265. The zero-order valence-electron chi connectivity index (χ0n) is 19.2. The van der Waals surface area contributed by atoms with Crippen molar-refractivity contribution in [1.29, 1.82) is 0 Å². The number of nitrogens with one attached hydrogen (secondary N) is 2. The van der Waals surface area contributed by atoms with Gasteiger partial charge >= 0.3 is 6.03 Å². The van der Waals surface area contributed by atoms with E-state index in [4.69, 9.17) is 4.74 Å². The predicted molar refractivity (Wildman–Crippen MR) is 129 cm³/mol. The van der Waals surface area contributed by atoms with Crippen LogP contribution in [0.5, 0.6) is 5.75 Å². The molecule has 7 nitrogen and oxygen atoms in total. The Labute approximate surface area is 190 Å². The third-order valence-electron chi connectivity index (χ3n) is 5.68. The second kappa shape index (κ2) is 10.2. The molecule has 1 aliphatic rings. The summed E-state index contributed by atoms with van der Waals surface area (Å²) < 4.78 is 5.21. The van der Waals surface area contributed by atoms with E-state index in [0.29, 0.717) is 30.0 Å². The van der Waals surface area contributed by atoms with Gasteiger partial charge in [0.2, 0.25) is 0 Å². The summed E-state index contributed by atoms with van der Waals surface area (Å²) in [6, 6.07) is 13.7. The molecule has 8 heteroatoms. The van der Waals surface area contributed by atoms with Crippen LogP contribution in [0.25, 0.3) is 0 Å². The Morgan fingerprint density at radius 2 is 1.75 bits per heavy atom. The lowest BCUT2D eigenvalue weighted by atomic mass is 10.1. The van der Waals surface area contributed by atoms with Gasteiger partial charge in [0.1, 0.15) is 11.8 Å². The summed E-state index contributed by atoms with van der Waals surface area (Å²) in [5, 5.41) is 17.0. The van der Waals surface area contributed by atoms with Crippen molar-refractivity contribution >= 4 is 30.9 Å². The van der Waals surface area contributed by atoms with E-state index in [1.54, 1.807) is 36.3 Å². The van der Waals surface area contributed by atoms with Gasteiger partial charge in [0.25, 0.3) is 5.91 Å². The number of β-amino-alcohol motifs (C(OH)–C–C–N with tert-alkyl or cyclic N) is 1. The Morgan fingerprint density at radius 3 is 2.31 bits per heavy atom. The third-order valence-corrected chi connectivity index (χ3v) is 7.75. The van der Waals surface area contributed by atoms with Gasteiger partial charge in [-0.2, -0.15) is 0 Å². The van der Waals surface area contributed by atoms with E-state index in [1.165, 1.54) is 5.19 Å². The molecule has 3 amide bonds. The van der Waals surface area contributed by atoms with Crippen molar-refractivity contribution in [2.75, 3.05) is 25.5 Å². The average Bonchev–Trinajstić information content (AvgIpc) is 2.77. The SMILES string of the molecule is COc1ccc(C(NC(=O)N2CCCC(O)C2)C(=O)Nc2ccc([Si](C)(C)C)cc2)cc1. The summed E-state index contributed by atoms with van der Waals surface area (Å²) in [7, 11) is 0.142. The summed E-state index contributed by atoms with van der Waals surface area (Å²) in [6.07, 6.45) is 0.879. The van der Waals surface area contributed by atoms with E-state index in [9.17, 15) is 14.7 Å². The molecule has 0 bridgehead atoms. The van der Waals surface area contributed by atoms with Crippen LogP contribution in [0, 0.1) is 0 Å². The molecule has 172 valence electrons. The Balaban J connectivity index is 1.79. The normalized spacial score (nSPS) is 17.4. The van der Waals surface area contributed by atoms with Crippen molar-refractivity contribution < 1.29 is 19.4 Å². The molecule has 0 radical (unpaired) electrons. The lowest BCUT2D eigenvalue weighted by molar-refractivity contribution is -0.118. The van der Waals surface area contributed by atoms with Crippen molar-refractivity contribution in [3.05, 3.63) is 54.1 Å². The molecule has 3 rings (SSSR count). The number of carbonyl (C=O) groups is 2. The largest absolute Gasteiger partial charge is 0.497 e. The van der Waals surface area contributed by atoms with Gasteiger partial charge in [0.05, 0.1) is 21.3 Å². The summed E-state index contributed by atoms with van der Waals surface area (Å²) >= 11 is 0. The Morgan fingerprint density at radius 1 is 1.09 bits per heavy atom. The molecule has 2 aromatic rings. The average molecular weight is 456 g/mol. The monoisotopic (exact) mass is 455 g/mol. The number of urea groups is 1. The number of aliphatic hydroxyl groups is 1. The van der Waals surface area contributed by atoms with Gasteiger partial charge in [-0.15, -0.1) is 0 Å². The predicted octanol–water partition coefficient (Wildman–Crippen LogP) is 3.09. The van der Waals surface area contributed by atoms with Gasteiger partial charge in [-0.25, -0.2) is 4.79 Å². The number of likely N-dealkylation sites (tertiary alicyclic amines) is 1. The summed E-state index contributed by atoms with van der Waals surface area (Å²) in [5.74, 6) is 0.335. The van der Waals surface area contributed by atoms with E-state index in [1.807, 2.05) is 12.1 Å². The number of amides is 3. The van der Waals surface area contributed by atoms with Gasteiger partial charge in [0, 0.05) is 18.8 Å². The van der Waals surface area contributed by atoms with Crippen molar-refractivity contribution in [2.24, 2.45) is 0 Å². The lowest BCUT2D eigenvalue weighted by Crippen LogP contribution is -2.49. The van der Waals surface area contributed by atoms with Gasteiger partial charge in [-0.05, 0) is 42.7 Å². The van der Waals surface area contributed by atoms with E-state index in [2.05, 4.69) is 42.4 Å². The highest BCUT2D eigenvalue weighted by Crippen LogP contribution is 2.21. The van der Waals surface area contributed by atoms with Gasteiger partial charge < -0.3 is 25.4 Å². The van der Waals surface area contributed by atoms with Crippen LogP contribution < -0.4 is 20.6 Å². The first-order valence-corrected chi connectivity index (χ1v) is 14.5. The van der Waals surface area contributed by atoms with E-state index >= 15 is 0 Å². The van der Waals surface area contributed by atoms with Crippen molar-refractivity contribution in [2.45, 2.75) is 44.6 Å². The minimum atomic E-state index is -1.43. The summed E-state index contributed by atoms with van der Waals surface area (Å²) in [5.41, 5.74) is 1.33. The molecular formula is C24H33N3O4Si. The second-order valence-corrected chi connectivity index (χ2v) is 14.3. The molecule has 1 aliphatic heterocycles. The topological polar surface area (TPSA) is 90.9 Å². The number of anilines is 1. The smallest absolute Gasteiger partial charge is 0.318 e. The highest BCUT2D eigenvalue weighted by molar-refractivity contribution is 6.88. The van der Waals surface area contributed by atoms with Crippen molar-refractivity contribution in [3.63, 3.8) is 0 Å². The third kappa shape index (κ3) is 6.11. The highest BCUT2D eigenvalue weighted by atomic mass is 28.3. The number of rotatable bonds is 6. The van der Waals surface area contributed by atoms with Crippen LogP contribution in [0.4, 0.5) is 10.5 Å². The standard InChI is InChI=1S/C24H33N3O4Si/c1-31-20-11-7-17(8-12-20)22(26-24(30)27-15-5-6-19(28)16-27)23(29)25-18-9-13-21(14-10-18)32(2,3)4/h7-14,19,22,28H,5-6,15-16H2,1-4H3,(H,25,29)(H,26,30). The maximum absolute atomic E-state index is 13.2. The molecule has 1 saturated heterocycles. The van der Waals surface area contributed by atoms with Crippen LogP contribution >= 0.6 is 0 Å². The van der Waals surface area contributed by atoms with Gasteiger partial charge in [0.15, 0.2) is 0 Å². The second-order valence-electron chi connectivity index (χ2n) is 9.21. The molecule has 0 aliphatic carbocycles. The Kier molecular flexibility index (Phi) is 7.58. The quantitative estimate of drug-likeness (QED) is 0.584. The summed E-state index contributed by atoms with van der Waals surface area (Å²) in [6.45, 7) is 7.63. The number of benzene rings is 2. The van der Waals surface area contributed by atoms with Crippen molar-refractivity contribution in [3.8, 4) is 5.75 Å². The zero-order valence-corrected chi connectivity index (χ0v) is 20.2. The molecule has 1 fully saturated rings.